The molecular weight excluding hydrogens is 230 g/mol. The molecule has 4 heteroatoms. The largest absolute Gasteiger partial charge is 0.352 e. The average molecular weight is 249 g/mol. The van der Waals surface area contributed by atoms with Gasteiger partial charge in [0.1, 0.15) is 0 Å². The Hall–Kier alpha value is -1.29. The quantitative estimate of drug-likeness (QED) is 0.846. The van der Waals surface area contributed by atoms with Gasteiger partial charge in [-0.05, 0) is 35.7 Å². The minimum atomic E-state index is 0.853. The Bertz CT molecular complexity index is 445. The van der Waals surface area contributed by atoms with Gasteiger partial charge in [-0.1, -0.05) is 13.3 Å². The molecular formula is C13H19N3S. The molecule has 92 valence electrons. The molecule has 1 N–H and O–H groups in total. The van der Waals surface area contributed by atoms with Crippen LogP contribution in [0.2, 0.25) is 0 Å². The van der Waals surface area contributed by atoms with E-state index < -0.39 is 0 Å². The lowest BCUT2D eigenvalue weighted by molar-refractivity contribution is 0.634. The van der Waals surface area contributed by atoms with Crippen LogP contribution in [0.5, 0.6) is 0 Å². The smallest absolute Gasteiger partial charge is 0.203 e. The molecule has 0 aromatic carbocycles. The molecule has 3 nitrogen and oxygen atoms in total. The van der Waals surface area contributed by atoms with Gasteiger partial charge in [0, 0.05) is 19.3 Å². The number of nitrogens with one attached hydrogen (secondary N) is 1. The van der Waals surface area contributed by atoms with Crippen LogP contribution in [0.4, 0.5) is 5.95 Å². The molecule has 0 saturated heterocycles. The predicted octanol–water partition coefficient (Wildman–Crippen LogP) is 3.67. The van der Waals surface area contributed by atoms with Crippen molar-refractivity contribution < 1.29 is 0 Å². The molecule has 0 amide bonds. The Morgan fingerprint density at radius 2 is 2.35 bits per heavy atom. The summed E-state index contributed by atoms with van der Waals surface area (Å²) in [4.78, 5) is 4.52. The molecule has 0 spiro atoms. The van der Waals surface area contributed by atoms with E-state index in [0.717, 1.165) is 24.7 Å². The fourth-order valence-corrected chi connectivity index (χ4v) is 2.43. The molecule has 0 radical (unpaired) electrons. The third kappa shape index (κ3) is 3.33. The molecule has 0 aliphatic carbocycles. The Balaban J connectivity index is 1.99. The van der Waals surface area contributed by atoms with Gasteiger partial charge in [-0.2, -0.15) is 11.3 Å². The van der Waals surface area contributed by atoms with Crippen LogP contribution in [0.25, 0.3) is 0 Å². The molecule has 2 aromatic heterocycles. The summed E-state index contributed by atoms with van der Waals surface area (Å²) in [5.74, 6) is 0.988. The predicted molar refractivity (Wildman–Crippen MR) is 73.5 cm³/mol. The normalized spacial score (nSPS) is 10.7. The van der Waals surface area contributed by atoms with Crippen LogP contribution in [0.15, 0.2) is 23.0 Å². The van der Waals surface area contributed by atoms with E-state index in [1.54, 1.807) is 11.3 Å². The Morgan fingerprint density at radius 1 is 1.47 bits per heavy atom. The van der Waals surface area contributed by atoms with Crippen LogP contribution in [-0.2, 0) is 13.1 Å². The molecule has 0 aliphatic rings. The SMILES string of the molecule is CCCCn1cc(C)nc1NCc1ccsc1. The maximum absolute atomic E-state index is 4.52. The number of rotatable bonds is 6. The van der Waals surface area contributed by atoms with Crippen molar-refractivity contribution >= 4 is 17.3 Å². The maximum Gasteiger partial charge on any atom is 0.203 e. The molecule has 2 rings (SSSR count). The molecule has 2 aromatic rings. The number of unbranched alkanes of at least 4 members (excludes halogenated alkanes) is 1. The first-order chi connectivity index (χ1) is 8.29. The zero-order chi connectivity index (χ0) is 12.1. The van der Waals surface area contributed by atoms with Gasteiger partial charge >= 0.3 is 0 Å². The fourth-order valence-electron chi connectivity index (χ4n) is 1.76. The summed E-state index contributed by atoms with van der Waals surface area (Å²) in [5.41, 5.74) is 2.40. The molecule has 0 atom stereocenters. The number of thiophene rings is 1. The van der Waals surface area contributed by atoms with Crippen molar-refractivity contribution in [2.24, 2.45) is 0 Å². The van der Waals surface area contributed by atoms with Crippen molar-refractivity contribution in [1.29, 1.82) is 0 Å². The van der Waals surface area contributed by atoms with Gasteiger partial charge in [0.25, 0.3) is 0 Å². The number of hydrogen-bond donors (Lipinski definition) is 1. The average Bonchev–Trinajstić information content (AvgIpc) is 2.93. The molecule has 2 heterocycles. The monoisotopic (exact) mass is 249 g/mol. The topological polar surface area (TPSA) is 29.9 Å². The van der Waals surface area contributed by atoms with E-state index in [2.05, 4.69) is 44.8 Å². The second kappa shape index (κ2) is 5.87. The lowest BCUT2D eigenvalue weighted by Crippen LogP contribution is -2.06. The van der Waals surface area contributed by atoms with Crippen LogP contribution in [-0.4, -0.2) is 9.55 Å². The number of nitrogens with zero attached hydrogens (tertiary/aromatic N) is 2. The van der Waals surface area contributed by atoms with Crippen molar-refractivity contribution in [3.8, 4) is 0 Å². The Labute approximate surface area is 107 Å². The van der Waals surface area contributed by atoms with E-state index in [0.29, 0.717) is 0 Å². The van der Waals surface area contributed by atoms with Crippen molar-refractivity contribution in [1.82, 2.24) is 9.55 Å². The van der Waals surface area contributed by atoms with Gasteiger partial charge in [-0.25, -0.2) is 4.98 Å². The second-order valence-electron chi connectivity index (χ2n) is 4.24. The van der Waals surface area contributed by atoms with E-state index in [-0.39, 0.29) is 0 Å². The number of imidazole rings is 1. The molecule has 0 fully saturated rings. The number of aryl methyl sites for hydroxylation is 2. The third-order valence-electron chi connectivity index (χ3n) is 2.68. The van der Waals surface area contributed by atoms with Crippen LogP contribution >= 0.6 is 11.3 Å². The van der Waals surface area contributed by atoms with Crippen molar-refractivity contribution in [2.45, 2.75) is 39.8 Å². The van der Waals surface area contributed by atoms with E-state index in [1.165, 1.54) is 18.4 Å². The standard InChI is InChI=1S/C13H19N3S/c1-3-4-6-16-9-11(2)15-13(16)14-8-12-5-7-17-10-12/h5,7,9-10H,3-4,6,8H2,1-2H3,(H,14,15). The first kappa shape index (κ1) is 12.2. The Morgan fingerprint density at radius 3 is 3.06 bits per heavy atom. The highest BCUT2D eigenvalue weighted by molar-refractivity contribution is 7.07. The van der Waals surface area contributed by atoms with Crippen molar-refractivity contribution in [3.05, 3.63) is 34.3 Å². The first-order valence-corrected chi connectivity index (χ1v) is 7.02. The number of hydrogen-bond acceptors (Lipinski definition) is 3. The van der Waals surface area contributed by atoms with Crippen LogP contribution in [0, 0.1) is 6.92 Å². The summed E-state index contributed by atoms with van der Waals surface area (Å²) in [6.07, 6.45) is 4.52. The highest BCUT2D eigenvalue weighted by Crippen LogP contribution is 2.13. The van der Waals surface area contributed by atoms with Gasteiger partial charge in [0.05, 0.1) is 5.69 Å². The molecule has 0 saturated carbocycles. The van der Waals surface area contributed by atoms with Crippen molar-refractivity contribution in [3.63, 3.8) is 0 Å². The van der Waals surface area contributed by atoms with Crippen molar-refractivity contribution in [2.75, 3.05) is 5.32 Å². The Kier molecular flexibility index (Phi) is 4.20. The van der Waals surface area contributed by atoms with Crippen LogP contribution in [0.1, 0.15) is 31.0 Å². The van der Waals surface area contributed by atoms with Gasteiger partial charge < -0.3 is 9.88 Å². The third-order valence-corrected chi connectivity index (χ3v) is 3.41. The number of aromatic nitrogens is 2. The second-order valence-corrected chi connectivity index (χ2v) is 5.02. The first-order valence-electron chi connectivity index (χ1n) is 6.08. The minimum absolute atomic E-state index is 0.853. The summed E-state index contributed by atoms with van der Waals surface area (Å²) in [5, 5.41) is 7.67. The summed E-state index contributed by atoms with van der Waals surface area (Å²) >= 11 is 1.73. The zero-order valence-electron chi connectivity index (χ0n) is 10.4. The summed E-state index contributed by atoms with van der Waals surface area (Å²) < 4.78 is 2.21. The van der Waals surface area contributed by atoms with E-state index >= 15 is 0 Å². The minimum Gasteiger partial charge on any atom is -0.352 e. The summed E-state index contributed by atoms with van der Waals surface area (Å²) in [6, 6.07) is 2.14. The highest BCUT2D eigenvalue weighted by Gasteiger charge is 2.04. The van der Waals surface area contributed by atoms with Gasteiger partial charge in [-0.3, -0.25) is 0 Å². The van der Waals surface area contributed by atoms with Crippen LogP contribution < -0.4 is 5.32 Å². The van der Waals surface area contributed by atoms with Gasteiger partial charge in [-0.15, -0.1) is 0 Å². The molecule has 0 bridgehead atoms. The van der Waals surface area contributed by atoms with E-state index in [9.17, 15) is 0 Å². The molecule has 0 unspecified atom stereocenters. The number of anilines is 1. The fraction of sp³-hybridized carbons (Fsp3) is 0.462. The van der Waals surface area contributed by atoms with Gasteiger partial charge in [0.15, 0.2) is 0 Å². The zero-order valence-corrected chi connectivity index (χ0v) is 11.3. The van der Waals surface area contributed by atoms with E-state index in [4.69, 9.17) is 0 Å². The highest BCUT2D eigenvalue weighted by atomic mass is 32.1. The summed E-state index contributed by atoms with van der Waals surface area (Å²) in [7, 11) is 0. The molecule has 17 heavy (non-hydrogen) atoms. The lowest BCUT2D eigenvalue weighted by atomic mass is 10.3. The van der Waals surface area contributed by atoms with Gasteiger partial charge in [0.2, 0.25) is 5.95 Å². The molecule has 0 aliphatic heterocycles. The van der Waals surface area contributed by atoms with E-state index in [1.807, 2.05) is 6.92 Å². The lowest BCUT2D eigenvalue weighted by Gasteiger charge is -2.08. The maximum atomic E-state index is 4.52. The summed E-state index contributed by atoms with van der Waals surface area (Å²) in [6.45, 7) is 6.15. The van der Waals surface area contributed by atoms with Crippen LogP contribution in [0.3, 0.4) is 0 Å².